The highest BCUT2D eigenvalue weighted by Gasteiger charge is 2.66. The number of carbonyl (C=O) groups is 1. The first kappa shape index (κ1) is 28.8. The first-order valence-electron chi connectivity index (χ1n) is 13.7. The molecule has 0 aliphatic carbocycles. The second-order valence-corrected chi connectivity index (χ2v) is 15.1. The maximum atomic E-state index is 16.0. The highest BCUT2D eigenvalue weighted by Crippen LogP contribution is 2.60. The number of non-ortho nitro benzene ring substituents is 1. The number of amides is 1. The van der Waals surface area contributed by atoms with Crippen LogP contribution in [0.2, 0.25) is 18.6 Å². The number of benzene rings is 2. The summed E-state index contributed by atoms with van der Waals surface area (Å²) in [6.45, 7) is 9.20. The molecule has 3 aromatic rings. The molecule has 1 amide bonds. The van der Waals surface area contributed by atoms with Crippen molar-refractivity contribution in [3.8, 4) is 0 Å². The maximum absolute atomic E-state index is 16.0. The molecule has 1 spiro atoms. The number of carbonyl (C=O) groups excluding carboxylic acids is 1. The van der Waals surface area contributed by atoms with E-state index in [0.717, 1.165) is 5.56 Å². The monoisotopic (exact) mass is 579 g/mol. The molecule has 1 N–H and O–H groups in total. The fourth-order valence-corrected chi connectivity index (χ4v) is 9.17. The van der Waals surface area contributed by atoms with Crippen LogP contribution >= 0.6 is 0 Å². The van der Waals surface area contributed by atoms with Gasteiger partial charge in [0.1, 0.15) is 0 Å². The van der Waals surface area contributed by atoms with Gasteiger partial charge in [-0.15, -0.1) is 11.7 Å². The lowest BCUT2D eigenvalue weighted by molar-refractivity contribution is -0.385. The lowest BCUT2D eigenvalue weighted by Crippen LogP contribution is -2.45. The van der Waals surface area contributed by atoms with E-state index in [-0.39, 0.29) is 30.7 Å². The van der Waals surface area contributed by atoms with Crippen LogP contribution in [0, 0.1) is 16.0 Å². The number of halogens is 1. The molecule has 0 saturated carbocycles. The summed E-state index contributed by atoms with van der Waals surface area (Å²) in [4.78, 5) is 26.7. The van der Waals surface area contributed by atoms with E-state index in [9.17, 15) is 20.0 Å². The Morgan fingerprint density at radius 3 is 2.66 bits per heavy atom. The zero-order valence-corrected chi connectivity index (χ0v) is 24.3. The van der Waals surface area contributed by atoms with Crippen LogP contribution in [0.15, 0.2) is 67.4 Å². The largest absolute Gasteiger partial charge is 0.395 e. The van der Waals surface area contributed by atoms with Gasteiger partial charge in [-0.1, -0.05) is 48.5 Å². The number of nitrogens with zero attached hydrogens (tertiary/aromatic N) is 5. The summed E-state index contributed by atoms with van der Waals surface area (Å²) in [6.07, 6.45) is 3.07. The van der Waals surface area contributed by atoms with Gasteiger partial charge in [0.25, 0.3) is 11.6 Å². The predicted octanol–water partition coefficient (Wildman–Crippen LogP) is 4.71. The predicted molar refractivity (Wildman–Crippen MR) is 154 cm³/mol. The van der Waals surface area contributed by atoms with Crippen LogP contribution in [0.5, 0.6) is 0 Å². The average Bonchev–Trinajstić information content (AvgIpc) is 3.59. The number of rotatable bonds is 10. The minimum Gasteiger partial charge on any atom is -0.395 e. The fraction of sp³-hybridized carbons (Fsp3) is 0.414. The van der Waals surface area contributed by atoms with Crippen LogP contribution in [-0.2, 0) is 21.7 Å². The number of fused-ring (bicyclic) bond motifs is 2. The lowest BCUT2D eigenvalue weighted by atomic mass is 9.82. The molecule has 5 rings (SSSR count). The Labute approximate surface area is 238 Å². The Kier molecular flexibility index (Phi) is 7.66. The van der Waals surface area contributed by atoms with Crippen molar-refractivity contribution in [2.24, 2.45) is 5.92 Å². The molecule has 0 radical (unpaired) electrons. The first-order valence-corrected chi connectivity index (χ1v) is 16.6. The molecule has 5 atom stereocenters. The van der Waals surface area contributed by atoms with Crippen LogP contribution in [0.3, 0.4) is 0 Å². The average molecular weight is 580 g/mol. The number of anilines is 1. The molecule has 2 aliphatic rings. The zero-order chi connectivity index (χ0) is 29.5. The molecule has 1 unspecified atom stereocenters. The molecule has 12 heteroatoms. The van der Waals surface area contributed by atoms with Gasteiger partial charge in [0.2, 0.25) is 8.41 Å². The lowest BCUT2D eigenvalue weighted by Gasteiger charge is -2.31. The molecular formula is C29H34FN5O5Si. The van der Waals surface area contributed by atoms with Gasteiger partial charge in [0.15, 0.2) is 5.60 Å². The molecule has 216 valence electrons. The number of hydrogen-bond donors (Lipinski definition) is 1. The van der Waals surface area contributed by atoms with E-state index in [2.05, 4.69) is 16.9 Å². The van der Waals surface area contributed by atoms with Crippen molar-refractivity contribution in [3.05, 3.63) is 94.3 Å². The zero-order valence-electron chi connectivity index (χ0n) is 23.3. The van der Waals surface area contributed by atoms with Gasteiger partial charge in [-0.2, -0.15) is 0 Å². The van der Waals surface area contributed by atoms with Gasteiger partial charge in [-0.05, 0) is 31.1 Å². The summed E-state index contributed by atoms with van der Waals surface area (Å²) in [7, 11) is -3.40. The minimum absolute atomic E-state index is 0.132. The second kappa shape index (κ2) is 10.9. The standard InChI is InChI=1S/C29H34FN5O5Si/c1-5-14-34-25-12-11-21(35(38)39)16-23(25)29(28(34)37)19(2)27(41(3,4)30)26(40-29)13-15-33-17-24(31-32-33)22(18-36)20-9-7-6-8-10-20/h5-12,16-17,19,22,26-27,36H,1,13-15,18H2,2-4H3/t19-,22?,26+,27-,29+/m1/s1. The first-order chi connectivity index (χ1) is 19.5. The van der Waals surface area contributed by atoms with Gasteiger partial charge in [0, 0.05) is 48.4 Å². The van der Waals surface area contributed by atoms with Gasteiger partial charge < -0.3 is 18.9 Å². The number of aliphatic hydroxyl groups is 1. The van der Waals surface area contributed by atoms with Crippen molar-refractivity contribution in [1.29, 1.82) is 0 Å². The highest BCUT2D eigenvalue weighted by atomic mass is 28.4. The van der Waals surface area contributed by atoms with Crippen molar-refractivity contribution >= 4 is 25.7 Å². The van der Waals surface area contributed by atoms with E-state index < -0.39 is 36.5 Å². The third-order valence-electron chi connectivity index (χ3n) is 8.41. The van der Waals surface area contributed by atoms with Crippen molar-refractivity contribution < 1.29 is 23.7 Å². The van der Waals surface area contributed by atoms with E-state index in [1.165, 1.54) is 17.0 Å². The molecule has 2 aromatic carbocycles. The molecule has 41 heavy (non-hydrogen) atoms. The number of aryl methyl sites for hydroxylation is 1. The number of nitro benzene ring substituents is 1. The topological polar surface area (TPSA) is 124 Å². The number of nitro groups is 1. The third kappa shape index (κ3) is 4.89. The summed E-state index contributed by atoms with van der Waals surface area (Å²) in [5.74, 6) is -1.26. The Balaban J connectivity index is 1.46. The van der Waals surface area contributed by atoms with Crippen LogP contribution in [0.1, 0.15) is 36.1 Å². The molecule has 3 heterocycles. The number of hydrogen-bond acceptors (Lipinski definition) is 7. The smallest absolute Gasteiger partial charge is 0.269 e. The number of aliphatic hydroxyl groups excluding tert-OH is 1. The van der Waals surface area contributed by atoms with E-state index in [1.807, 2.05) is 37.3 Å². The molecule has 10 nitrogen and oxygen atoms in total. The van der Waals surface area contributed by atoms with Gasteiger partial charge in [-0.25, -0.2) is 0 Å². The van der Waals surface area contributed by atoms with Gasteiger partial charge in [-0.3, -0.25) is 19.6 Å². The molecule has 1 saturated heterocycles. The van der Waals surface area contributed by atoms with Crippen molar-refractivity contribution in [2.75, 3.05) is 18.1 Å². The SMILES string of the molecule is C=CCN1C(=O)[C@@]2(O[C@@H](CCn3cc(C(CO)c4ccccc4)nn3)[C@H]([Si](C)(C)F)[C@H]2C)c2cc([N+](=O)[O-])ccc21. The molecule has 0 bridgehead atoms. The normalized spacial score (nSPS) is 24.6. The van der Waals surface area contributed by atoms with Crippen molar-refractivity contribution in [2.45, 2.75) is 56.1 Å². The van der Waals surface area contributed by atoms with Crippen LogP contribution in [0.25, 0.3) is 0 Å². The summed E-state index contributed by atoms with van der Waals surface area (Å²) in [5, 5.41) is 30.2. The minimum atomic E-state index is -3.40. The quantitative estimate of drug-likeness (QED) is 0.121. The van der Waals surface area contributed by atoms with Gasteiger partial charge >= 0.3 is 0 Å². The Bertz CT molecular complexity index is 1460. The van der Waals surface area contributed by atoms with E-state index in [0.29, 0.717) is 29.9 Å². The molecule has 1 aromatic heterocycles. The number of ether oxygens (including phenoxy) is 1. The van der Waals surface area contributed by atoms with Crippen LogP contribution < -0.4 is 4.90 Å². The summed E-state index contributed by atoms with van der Waals surface area (Å²) in [6, 6.07) is 13.8. The van der Waals surface area contributed by atoms with Crippen molar-refractivity contribution in [3.63, 3.8) is 0 Å². The third-order valence-corrected chi connectivity index (χ3v) is 10.9. The van der Waals surface area contributed by atoms with E-state index in [4.69, 9.17) is 4.74 Å². The summed E-state index contributed by atoms with van der Waals surface area (Å²) < 4.78 is 24.3. The maximum Gasteiger partial charge on any atom is 0.269 e. The van der Waals surface area contributed by atoms with Crippen molar-refractivity contribution in [1.82, 2.24) is 15.0 Å². The summed E-state index contributed by atoms with van der Waals surface area (Å²) >= 11 is 0. The Morgan fingerprint density at radius 2 is 2.02 bits per heavy atom. The summed E-state index contributed by atoms with van der Waals surface area (Å²) in [5.41, 5.74) is 0.184. The number of aromatic nitrogens is 3. The van der Waals surface area contributed by atoms with Gasteiger partial charge in [0.05, 0.1) is 34.9 Å². The Hall–Kier alpha value is -3.74. The Morgan fingerprint density at radius 1 is 1.29 bits per heavy atom. The molecular weight excluding hydrogens is 545 g/mol. The van der Waals surface area contributed by atoms with E-state index in [1.54, 1.807) is 36.1 Å². The highest BCUT2D eigenvalue weighted by molar-refractivity contribution is 6.72. The van der Waals surface area contributed by atoms with E-state index >= 15 is 4.11 Å². The van der Waals surface area contributed by atoms with Crippen LogP contribution in [0.4, 0.5) is 15.5 Å². The molecule has 1 fully saturated rings. The second-order valence-electron chi connectivity index (χ2n) is 11.3. The fourth-order valence-electron chi connectivity index (χ4n) is 6.63. The molecule has 2 aliphatic heterocycles. The van der Waals surface area contributed by atoms with Crippen LogP contribution in [-0.4, -0.2) is 58.6 Å².